The predicted molar refractivity (Wildman–Crippen MR) is 132 cm³/mol. The minimum atomic E-state index is -0.939. The molecule has 4 aromatic rings. The summed E-state index contributed by atoms with van der Waals surface area (Å²) in [4.78, 5) is 26.1. The Morgan fingerprint density at radius 2 is 1.09 bits per heavy atom. The van der Waals surface area contributed by atoms with Crippen molar-refractivity contribution in [2.45, 2.75) is 11.8 Å². The van der Waals surface area contributed by atoms with Gasteiger partial charge in [-0.05, 0) is 23.3 Å². The number of benzene rings is 4. The van der Waals surface area contributed by atoms with Gasteiger partial charge in [0.05, 0.1) is 11.8 Å². The molecule has 5 nitrogen and oxygen atoms in total. The van der Waals surface area contributed by atoms with Crippen LogP contribution in [0.4, 0.5) is 0 Å². The van der Waals surface area contributed by atoms with Crippen molar-refractivity contribution < 1.29 is 24.5 Å². The normalized spacial score (nSPS) is 21.0. The van der Waals surface area contributed by atoms with E-state index in [1.807, 2.05) is 66.7 Å². The number of hydrogen-bond donors (Lipinski definition) is 2. The van der Waals surface area contributed by atoms with Gasteiger partial charge in [-0.25, -0.2) is 0 Å². The lowest BCUT2D eigenvalue weighted by Gasteiger charge is -2.49. The number of rotatable bonds is 6. The van der Waals surface area contributed by atoms with Gasteiger partial charge < -0.3 is 14.9 Å². The van der Waals surface area contributed by atoms with Gasteiger partial charge in [-0.1, -0.05) is 97.1 Å². The van der Waals surface area contributed by atoms with Gasteiger partial charge in [-0.3, -0.25) is 9.59 Å². The van der Waals surface area contributed by atoms with Crippen molar-refractivity contribution in [3.8, 4) is 22.6 Å². The zero-order chi connectivity index (χ0) is 24.4. The number of phenolic OH excluding ortho intramolecular Hbond substituents is 1. The highest BCUT2D eigenvalue weighted by atomic mass is 16.5. The highest BCUT2D eigenvalue weighted by Gasteiger charge is 2.59. The fraction of sp³-hybridized carbons (Fsp3) is 0.133. The number of carboxylic acid groups (broad SMARTS) is 1. The number of ether oxygens (including phenoxy) is 1. The van der Waals surface area contributed by atoms with Gasteiger partial charge in [-0.15, -0.1) is 0 Å². The third kappa shape index (κ3) is 4.17. The first-order chi connectivity index (χ1) is 17.1. The van der Waals surface area contributed by atoms with Crippen molar-refractivity contribution in [3.05, 3.63) is 120 Å². The standard InChI is InChI=1S/C30H24O5/c31-23-17-9-7-15-21(23)22-16-8-10-18-24(22)35-30(34)28-25(19-11-3-1-4-12-19)27(29(32)33)26(28)20-13-5-2-6-14-20/h1-18,25-28,31H,(H,32,33)/t25-,26-,27-,28-/m0/s1. The van der Waals surface area contributed by atoms with Gasteiger partial charge in [0.15, 0.2) is 0 Å². The Bertz CT molecular complexity index is 1300. The molecule has 4 aromatic carbocycles. The summed E-state index contributed by atoms with van der Waals surface area (Å²) in [5, 5.41) is 20.5. The number of aliphatic carboxylic acids is 1. The van der Waals surface area contributed by atoms with Crippen LogP contribution in [0.2, 0.25) is 0 Å². The van der Waals surface area contributed by atoms with Crippen molar-refractivity contribution in [2.24, 2.45) is 11.8 Å². The van der Waals surface area contributed by atoms with E-state index in [0.717, 1.165) is 11.1 Å². The molecule has 0 radical (unpaired) electrons. The molecule has 2 atom stereocenters. The van der Waals surface area contributed by atoms with Crippen LogP contribution in [0, 0.1) is 11.8 Å². The fourth-order valence-electron chi connectivity index (χ4n) is 5.18. The highest BCUT2D eigenvalue weighted by Crippen LogP contribution is 2.58. The number of esters is 1. The van der Waals surface area contributed by atoms with Crippen molar-refractivity contribution in [3.63, 3.8) is 0 Å². The highest BCUT2D eigenvalue weighted by molar-refractivity contribution is 5.87. The Hall–Kier alpha value is -4.38. The molecule has 0 amide bonds. The summed E-state index contributed by atoms with van der Waals surface area (Å²) in [5.41, 5.74) is 2.72. The van der Waals surface area contributed by atoms with E-state index in [0.29, 0.717) is 16.9 Å². The number of carbonyl (C=O) groups is 2. The monoisotopic (exact) mass is 464 g/mol. The molecule has 1 fully saturated rings. The van der Waals surface area contributed by atoms with Crippen molar-refractivity contribution in [1.82, 2.24) is 0 Å². The molecule has 0 aromatic heterocycles. The zero-order valence-electron chi connectivity index (χ0n) is 18.8. The third-order valence-electron chi connectivity index (χ3n) is 6.77. The summed E-state index contributed by atoms with van der Waals surface area (Å²) in [6, 6.07) is 32.4. The second-order valence-corrected chi connectivity index (χ2v) is 8.70. The number of carboxylic acids is 1. The van der Waals surface area contributed by atoms with E-state index >= 15 is 0 Å². The van der Waals surface area contributed by atoms with Crippen LogP contribution in [0.25, 0.3) is 11.1 Å². The number of aromatic hydroxyl groups is 1. The molecular formula is C30H24O5. The van der Waals surface area contributed by atoms with Crippen LogP contribution in [0.5, 0.6) is 11.5 Å². The molecule has 0 aliphatic heterocycles. The molecule has 1 saturated carbocycles. The van der Waals surface area contributed by atoms with Gasteiger partial charge in [0, 0.05) is 23.0 Å². The van der Waals surface area contributed by atoms with E-state index in [1.54, 1.807) is 42.5 Å². The largest absolute Gasteiger partial charge is 0.507 e. The maximum Gasteiger partial charge on any atom is 0.315 e. The quantitative estimate of drug-likeness (QED) is 0.276. The van der Waals surface area contributed by atoms with E-state index in [9.17, 15) is 19.8 Å². The number of phenols is 1. The van der Waals surface area contributed by atoms with Gasteiger partial charge >= 0.3 is 11.9 Å². The van der Waals surface area contributed by atoms with Crippen molar-refractivity contribution >= 4 is 11.9 Å². The van der Waals surface area contributed by atoms with Gasteiger partial charge in [0.1, 0.15) is 11.5 Å². The summed E-state index contributed by atoms with van der Waals surface area (Å²) in [6.07, 6.45) is 0. The van der Waals surface area contributed by atoms with E-state index in [4.69, 9.17) is 4.74 Å². The number of para-hydroxylation sites is 2. The summed E-state index contributed by atoms with van der Waals surface area (Å²) < 4.78 is 5.95. The zero-order valence-corrected chi connectivity index (χ0v) is 18.8. The Balaban J connectivity index is 1.54. The first kappa shape index (κ1) is 22.4. The Morgan fingerprint density at radius 3 is 1.63 bits per heavy atom. The molecule has 174 valence electrons. The van der Waals surface area contributed by atoms with Gasteiger partial charge in [0.25, 0.3) is 0 Å². The molecule has 5 heteroatoms. The van der Waals surface area contributed by atoms with Gasteiger partial charge in [-0.2, -0.15) is 0 Å². The van der Waals surface area contributed by atoms with E-state index in [2.05, 4.69) is 0 Å². The Kier molecular flexibility index (Phi) is 6.06. The van der Waals surface area contributed by atoms with Crippen LogP contribution >= 0.6 is 0 Å². The number of carbonyl (C=O) groups excluding carboxylic acids is 1. The van der Waals surface area contributed by atoms with Crippen LogP contribution in [0.1, 0.15) is 23.0 Å². The Morgan fingerprint density at radius 1 is 0.600 bits per heavy atom. The maximum atomic E-state index is 13.7. The molecule has 1 aliphatic rings. The summed E-state index contributed by atoms with van der Waals surface area (Å²) in [6.45, 7) is 0. The summed E-state index contributed by atoms with van der Waals surface area (Å²) in [7, 11) is 0. The average molecular weight is 465 g/mol. The van der Waals surface area contributed by atoms with Crippen LogP contribution in [0.3, 0.4) is 0 Å². The van der Waals surface area contributed by atoms with Crippen LogP contribution in [0.15, 0.2) is 109 Å². The van der Waals surface area contributed by atoms with Crippen LogP contribution < -0.4 is 4.74 Å². The van der Waals surface area contributed by atoms with Crippen LogP contribution in [-0.4, -0.2) is 22.2 Å². The minimum absolute atomic E-state index is 0.0786. The first-order valence-electron chi connectivity index (χ1n) is 11.5. The summed E-state index contributed by atoms with van der Waals surface area (Å²) in [5.74, 6) is -3.53. The third-order valence-corrected chi connectivity index (χ3v) is 6.77. The van der Waals surface area contributed by atoms with Gasteiger partial charge in [0.2, 0.25) is 0 Å². The topological polar surface area (TPSA) is 83.8 Å². The molecule has 0 unspecified atom stereocenters. The molecular weight excluding hydrogens is 440 g/mol. The predicted octanol–water partition coefficient (Wildman–Crippen LogP) is 5.86. The Labute approximate surface area is 203 Å². The first-order valence-corrected chi connectivity index (χ1v) is 11.5. The molecule has 0 bridgehead atoms. The lowest BCUT2D eigenvalue weighted by atomic mass is 9.52. The molecule has 1 aliphatic carbocycles. The van der Waals surface area contributed by atoms with E-state index in [1.165, 1.54) is 0 Å². The SMILES string of the molecule is O=C(O)[C@H]1[C@H](c2ccccc2)[C@H](C(=O)Oc2ccccc2-c2ccccc2O)[C@H]1c1ccccc1. The summed E-state index contributed by atoms with van der Waals surface area (Å²) >= 11 is 0. The molecule has 0 saturated heterocycles. The smallest absolute Gasteiger partial charge is 0.315 e. The lowest BCUT2D eigenvalue weighted by molar-refractivity contribution is -0.158. The second kappa shape index (κ2) is 9.47. The molecule has 0 heterocycles. The van der Waals surface area contributed by atoms with Crippen molar-refractivity contribution in [2.75, 3.05) is 0 Å². The molecule has 35 heavy (non-hydrogen) atoms. The average Bonchev–Trinajstić information content (AvgIpc) is 2.85. The lowest BCUT2D eigenvalue weighted by Crippen LogP contribution is -2.52. The maximum absolute atomic E-state index is 13.7. The van der Waals surface area contributed by atoms with Crippen LogP contribution in [-0.2, 0) is 9.59 Å². The van der Waals surface area contributed by atoms with E-state index in [-0.39, 0.29) is 5.75 Å². The molecule has 5 rings (SSSR count). The minimum Gasteiger partial charge on any atom is -0.507 e. The number of hydrogen-bond acceptors (Lipinski definition) is 4. The molecule has 0 spiro atoms. The second-order valence-electron chi connectivity index (χ2n) is 8.70. The van der Waals surface area contributed by atoms with Crippen molar-refractivity contribution in [1.29, 1.82) is 0 Å². The fourth-order valence-corrected chi connectivity index (χ4v) is 5.18. The molecule has 2 N–H and O–H groups in total. The van der Waals surface area contributed by atoms with E-state index < -0.39 is 35.6 Å².